The van der Waals surface area contributed by atoms with E-state index in [0.29, 0.717) is 16.8 Å². The zero-order valence-corrected chi connectivity index (χ0v) is 13.5. The molecule has 7 nitrogen and oxygen atoms in total. The molecule has 0 fully saturated rings. The number of nitrogens with two attached hydrogens (primary N) is 2. The van der Waals surface area contributed by atoms with Gasteiger partial charge in [0.25, 0.3) is 0 Å². The number of anilines is 1. The van der Waals surface area contributed by atoms with E-state index in [1.807, 2.05) is 30.3 Å². The third kappa shape index (κ3) is 5.65. The van der Waals surface area contributed by atoms with Gasteiger partial charge in [-0.2, -0.15) is 0 Å². The van der Waals surface area contributed by atoms with E-state index < -0.39 is 17.9 Å². The van der Waals surface area contributed by atoms with Crippen LogP contribution in [0, 0.1) is 0 Å². The number of rotatable bonds is 7. The zero-order chi connectivity index (χ0) is 18.2. The van der Waals surface area contributed by atoms with Gasteiger partial charge in [-0.05, 0) is 16.7 Å². The lowest BCUT2D eigenvalue weighted by Gasteiger charge is -2.15. The van der Waals surface area contributed by atoms with Crippen LogP contribution in [-0.4, -0.2) is 17.9 Å². The van der Waals surface area contributed by atoms with Crippen molar-refractivity contribution in [3.8, 4) is 0 Å². The summed E-state index contributed by atoms with van der Waals surface area (Å²) in [5.41, 5.74) is 12.6. The summed E-state index contributed by atoms with van der Waals surface area (Å²) in [6.45, 7) is 0.0931. The molecule has 0 aliphatic carbocycles. The van der Waals surface area contributed by atoms with Crippen molar-refractivity contribution in [1.82, 2.24) is 0 Å². The highest BCUT2D eigenvalue weighted by molar-refractivity contribution is 5.90. The molecule has 0 aliphatic rings. The summed E-state index contributed by atoms with van der Waals surface area (Å²) in [5, 5.41) is 2.58. The first-order chi connectivity index (χ1) is 12.0. The van der Waals surface area contributed by atoms with E-state index in [1.165, 1.54) is 0 Å². The molecular formula is C18H19N3O4. The summed E-state index contributed by atoms with van der Waals surface area (Å²) < 4.78 is 5.17. The molecule has 25 heavy (non-hydrogen) atoms. The highest BCUT2D eigenvalue weighted by Crippen LogP contribution is 2.23. The van der Waals surface area contributed by atoms with Gasteiger partial charge in [-0.25, -0.2) is 4.79 Å². The first kappa shape index (κ1) is 18.0. The van der Waals surface area contributed by atoms with Crippen molar-refractivity contribution >= 4 is 23.6 Å². The monoisotopic (exact) mass is 341 g/mol. The van der Waals surface area contributed by atoms with Crippen LogP contribution >= 0.6 is 0 Å². The van der Waals surface area contributed by atoms with E-state index in [9.17, 15) is 14.4 Å². The number of hydrogen-bond acceptors (Lipinski definition) is 4. The van der Waals surface area contributed by atoms with Gasteiger partial charge in [0.05, 0.1) is 18.5 Å². The van der Waals surface area contributed by atoms with E-state index in [1.54, 1.807) is 18.2 Å². The number of carbonyl (C=O) groups excluding carboxylic acids is 3. The molecule has 2 rings (SSSR count). The van der Waals surface area contributed by atoms with Gasteiger partial charge in [-0.3, -0.25) is 14.9 Å². The first-order valence-corrected chi connectivity index (χ1v) is 7.60. The molecule has 7 heteroatoms. The van der Waals surface area contributed by atoms with Crippen molar-refractivity contribution < 1.29 is 19.1 Å². The maximum Gasteiger partial charge on any atom is 0.411 e. The van der Waals surface area contributed by atoms with Crippen LogP contribution in [0.25, 0.3) is 0 Å². The minimum atomic E-state index is -0.702. The molecule has 0 spiro atoms. The molecule has 130 valence electrons. The van der Waals surface area contributed by atoms with Crippen molar-refractivity contribution in [2.24, 2.45) is 11.5 Å². The fraction of sp³-hybridized carbons (Fsp3) is 0.167. The Balaban J connectivity index is 2.15. The molecular weight excluding hydrogens is 322 g/mol. The molecule has 0 aromatic heterocycles. The van der Waals surface area contributed by atoms with Crippen molar-refractivity contribution in [2.75, 3.05) is 5.32 Å². The third-order valence-corrected chi connectivity index (χ3v) is 3.41. The molecule has 0 saturated heterocycles. The minimum Gasteiger partial charge on any atom is -0.444 e. The Morgan fingerprint density at radius 2 is 1.40 bits per heavy atom. The van der Waals surface area contributed by atoms with Crippen LogP contribution in [0.5, 0.6) is 0 Å². The molecule has 0 bridgehead atoms. The molecule has 5 N–H and O–H groups in total. The van der Waals surface area contributed by atoms with Crippen LogP contribution in [0.2, 0.25) is 0 Å². The fourth-order valence-electron chi connectivity index (χ4n) is 2.35. The molecule has 0 aliphatic heterocycles. The highest BCUT2D eigenvalue weighted by atomic mass is 16.5. The van der Waals surface area contributed by atoms with Crippen LogP contribution in [0.1, 0.15) is 16.7 Å². The number of primary amides is 2. The number of para-hydroxylation sites is 1. The van der Waals surface area contributed by atoms with E-state index in [2.05, 4.69) is 5.32 Å². The van der Waals surface area contributed by atoms with Gasteiger partial charge in [-0.15, -0.1) is 0 Å². The average Bonchev–Trinajstić information content (AvgIpc) is 2.56. The molecule has 2 aromatic carbocycles. The van der Waals surface area contributed by atoms with Gasteiger partial charge in [-0.1, -0.05) is 48.5 Å². The van der Waals surface area contributed by atoms with Gasteiger partial charge in [0.1, 0.15) is 6.61 Å². The minimum absolute atomic E-state index is 0.0824. The number of amides is 3. The summed E-state index contributed by atoms with van der Waals surface area (Å²) in [6.07, 6.45) is -0.867. The topological polar surface area (TPSA) is 125 Å². The molecule has 0 radical (unpaired) electrons. The predicted octanol–water partition coefficient (Wildman–Crippen LogP) is 1.49. The van der Waals surface area contributed by atoms with Gasteiger partial charge in [0, 0.05) is 0 Å². The Morgan fingerprint density at radius 1 is 0.840 bits per heavy atom. The molecule has 0 heterocycles. The van der Waals surface area contributed by atoms with Crippen molar-refractivity contribution in [3.63, 3.8) is 0 Å². The fourth-order valence-corrected chi connectivity index (χ4v) is 2.35. The van der Waals surface area contributed by atoms with Gasteiger partial charge >= 0.3 is 6.09 Å². The zero-order valence-electron chi connectivity index (χ0n) is 13.5. The summed E-state index contributed by atoms with van der Waals surface area (Å²) in [5.74, 6) is -1.12. The van der Waals surface area contributed by atoms with Crippen LogP contribution in [0.3, 0.4) is 0 Å². The van der Waals surface area contributed by atoms with Crippen LogP contribution in [-0.2, 0) is 33.8 Å². The lowest BCUT2D eigenvalue weighted by molar-refractivity contribution is -0.118. The quantitative estimate of drug-likeness (QED) is 0.705. The molecule has 2 aromatic rings. The van der Waals surface area contributed by atoms with Crippen LogP contribution in [0.4, 0.5) is 10.5 Å². The number of benzene rings is 2. The smallest absolute Gasteiger partial charge is 0.411 e. The van der Waals surface area contributed by atoms with Crippen molar-refractivity contribution in [1.29, 1.82) is 0 Å². The van der Waals surface area contributed by atoms with Crippen molar-refractivity contribution in [2.45, 2.75) is 19.4 Å². The normalized spacial score (nSPS) is 10.1. The number of hydrogen-bond donors (Lipinski definition) is 3. The average molecular weight is 341 g/mol. The van der Waals surface area contributed by atoms with Gasteiger partial charge in [0.2, 0.25) is 11.8 Å². The van der Waals surface area contributed by atoms with Crippen molar-refractivity contribution in [3.05, 3.63) is 65.2 Å². The third-order valence-electron chi connectivity index (χ3n) is 3.41. The second-order valence-electron chi connectivity index (χ2n) is 5.42. The first-order valence-electron chi connectivity index (χ1n) is 7.60. The van der Waals surface area contributed by atoms with E-state index >= 15 is 0 Å². The number of carbonyl (C=O) groups is 3. The van der Waals surface area contributed by atoms with E-state index in [4.69, 9.17) is 16.2 Å². The second kappa shape index (κ2) is 8.49. The standard InChI is InChI=1S/C18H19N3O4/c19-15(22)9-13-7-4-8-14(10-16(20)23)17(13)21-18(24)25-11-12-5-2-1-3-6-12/h1-8H,9-11H2,(H2,19,22)(H2,20,23)(H,21,24). The van der Waals surface area contributed by atoms with E-state index in [-0.39, 0.29) is 19.4 Å². The SMILES string of the molecule is NC(=O)Cc1cccc(CC(N)=O)c1NC(=O)OCc1ccccc1. The second-order valence-corrected chi connectivity index (χ2v) is 5.42. The molecule has 0 unspecified atom stereocenters. The lowest BCUT2D eigenvalue weighted by Crippen LogP contribution is -2.21. The molecule has 0 saturated carbocycles. The molecule has 3 amide bonds. The van der Waals surface area contributed by atoms with E-state index in [0.717, 1.165) is 5.56 Å². The largest absolute Gasteiger partial charge is 0.444 e. The Hall–Kier alpha value is -3.35. The number of ether oxygens (including phenoxy) is 1. The highest BCUT2D eigenvalue weighted by Gasteiger charge is 2.15. The maximum atomic E-state index is 12.1. The Kier molecular flexibility index (Phi) is 6.11. The lowest BCUT2D eigenvalue weighted by atomic mass is 10.0. The summed E-state index contributed by atoms with van der Waals surface area (Å²) in [4.78, 5) is 34.6. The Bertz CT molecular complexity index is 741. The maximum absolute atomic E-state index is 12.1. The Labute approximate surface area is 145 Å². The summed E-state index contributed by atoms with van der Waals surface area (Å²) in [7, 11) is 0. The predicted molar refractivity (Wildman–Crippen MR) is 92.5 cm³/mol. The van der Waals surface area contributed by atoms with Crippen LogP contribution in [0.15, 0.2) is 48.5 Å². The van der Waals surface area contributed by atoms with Gasteiger partial charge < -0.3 is 16.2 Å². The Morgan fingerprint density at radius 3 is 1.92 bits per heavy atom. The van der Waals surface area contributed by atoms with Gasteiger partial charge in [0.15, 0.2) is 0 Å². The summed E-state index contributed by atoms with van der Waals surface area (Å²) in [6, 6.07) is 14.1. The van der Waals surface area contributed by atoms with Crippen LogP contribution < -0.4 is 16.8 Å². The number of nitrogens with one attached hydrogen (secondary N) is 1. The molecule has 0 atom stereocenters. The summed E-state index contributed by atoms with van der Waals surface area (Å²) >= 11 is 0.